The molecule has 0 bridgehead atoms. The molecule has 0 radical (unpaired) electrons. The van der Waals surface area contributed by atoms with Gasteiger partial charge in [0.2, 0.25) is 0 Å². The molecule has 1 aliphatic heterocycles. The van der Waals surface area contributed by atoms with Crippen LogP contribution in [0.25, 0.3) is 0 Å². The highest BCUT2D eigenvalue weighted by Crippen LogP contribution is 2.25. The summed E-state index contributed by atoms with van der Waals surface area (Å²) in [5.74, 6) is 0. The van der Waals surface area contributed by atoms with Gasteiger partial charge in [-0.1, -0.05) is 37.1 Å². The highest BCUT2D eigenvalue weighted by Gasteiger charge is 2.17. The third-order valence-electron chi connectivity index (χ3n) is 3.88. The van der Waals surface area contributed by atoms with Gasteiger partial charge in [0.15, 0.2) is 0 Å². The Hall–Kier alpha value is -0.770. The second-order valence-corrected chi connectivity index (χ2v) is 5.79. The first-order valence-corrected chi connectivity index (χ1v) is 8.11. The standard InChI is InChI=1S/C16H26ClN3/c1-2-3-8-18-9-10-19-11-13-20(14-12-19)16-7-5-4-6-15(16)17/h4-7,18H,2-3,8-14H2,1H3. The Morgan fingerprint density at radius 1 is 1.10 bits per heavy atom. The van der Waals surface area contributed by atoms with Crippen LogP contribution in [0, 0.1) is 0 Å². The Labute approximate surface area is 127 Å². The molecule has 1 aliphatic rings. The summed E-state index contributed by atoms with van der Waals surface area (Å²) >= 11 is 6.26. The summed E-state index contributed by atoms with van der Waals surface area (Å²) in [6, 6.07) is 8.14. The monoisotopic (exact) mass is 295 g/mol. The van der Waals surface area contributed by atoms with Gasteiger partial charge in [0.05, 0.1) is 10.7 Å². The number of benzene rings is 1. The molecule has 0 unspecified atom stereocenters. The first-order chi connectivity index (χ1) is 9.81. The lowest BCUT2D eigenvalue weighted by Gasteiger charge is -2.36. The van der Waals surface area contributed by atoms with Crippen LogP contribution in [0.3, 0.4) is 0 Å². The summed E-state index contributed by atoms with van der Waals surface area (Å²) in [7, 11) is 0. The molecule has 3 nitrogen and oxygen atoms in total. The van der Waals surface area contributed by atoms with Crippen LogP contribution >= 0.6 is 11.6 Å². The molecule has 0 aliphatic carbocycles. The van der Waals surface area contributed by atoms with Crippen LogP contribution in [0.15, 0.2) is 24.3 Å². The minimum absolute atomic E-state index is 0.863. The van der Waals surface area contributed by atoms with Crippen molar-refractivity contribution < 1.29 is 0 Å². The van der Waals surface area contributed by atoms with Crippen molar-refractivity contribution in [2.45, 2.75) is 19.8 Å². The van der Waals surface area contributed by atoms with Crippen LogP contribution in [0.1, 0.15) is 19.8 Å². The SMILES string of the molecule is CCCCNCCN1CCN(c2ccccc2Cl)CC1. The molecule has 1 N–H and O–H groups in total. The van der Waals surface area contributed by atoms with Gasteiger partial charge in [0.1, 0.15) is 0 Å². The van der Waals surface area contributed by atoms with Crippen molar-refractivity contribution in [1.82, 2.24) is 10.2 Å². The van der Waals surface area contributed by atoms with Gasteiger partial charge in [-0.15, -0.1) is 0 Å². The number of hydrogen-bond donors (Lipinski definition) is 1. The second kappa shape index (κ2) is 8.50. The van der Waals surface area contributed by atoms with E-state index in [1.54, 1.807) is 0 Å². The average molecular weight is 296 g/mol. The van der Waals surface area contributed by atoms with Gasteiger partial charge in [-0.3, -0.25) is 4.90 Å². The minimum Gasteiger partial charge on any atom is -0.368 e. The zero-order chi connectivity index (χ0) is 14.2. The van der Waals surface area contributed by atoms with E-state index < -0.39 is 0 Å². The Balaban J connectivity index is 1.69. The quantitative estimate of drug-likeness (QED) is 0.781. The summed E-state index contributed by atoms with van der Waals surface area (Å²) < 4.78 is 0. The maximum atomic E-state index is 6.26. The van der Waals surface area contributed by atoms with E-state index in [2.05, 4.69) is 34.2 Å². The minimum atomic E-state index is 0.863. The van der Waals surface area contributed by atoms with Gasteiger partial charge in [-0.05, 0) is 25.1 Å². The van der Waals surface area contributed by atoms with Crippen molar-refractivity contribution >= 4 is 17.3 Å². The first kappa shape index (κ1) is 15.6. The van der Waals surface area contributed by atoms with Gasteiger partial charge in [-0.2, -0.15) is 0 Å². The zero-order valence-corrected chi connectivity index (χ0v) is 13.2. The van der Waals surface area contributed by atoms with Gasteiger partial charge < -0.3 is 10.2 Å². The molecular formula is C16H26ClN3. The molecule has 0 aromatic heterocycles. The number of piperazine rings is 1. The molecule has 1 aromatic rings. The Kier molecular flexibility index (Phi) is 6.64. The Morgan fingerprint density at radius 3 is 2.55 bits per heavy atom. The van der Waals surface area contributed by atoms with E-state index in [0.29, 0.717) is 0 Å². The molecule has 1 aromatic carbocycles. The molecule has 0 amide bonds. The summed E-state index contributed by atoms with van der Waals surface area (Å²) in [6.45, 7) is 10.0. The van der Waals surface area contributed by atoms with Gasteiger partial charge in [0.25, 0.3) is 0 Å². The van der Waals surface area contributed by atoms with Crippen molar-refractivity contribution in [2.75, 3.05) is 50.7 Å². The molecule has 0 spiro atoms. The molecule has 0 saturated carbocycles. The fourth-order valence-electron chi connectivity index (χ4n) is 2.58. The van der Waals surface area contributed by atoms with Crippen molar-refractivity contribution in [1.29, 1.82) is 0 Å². The number of rotatable bonds is 7. The van der Waals surface area contributed by atoms with Crippen LogP contribution in [0.4, 0.5) is 5.69 Å². The lowest BCUT2D eigenvalue weighted by molar-refractivity contribution is 0.257. The Bertz CT molecular complexity index is 389. The van der Waals surface area contributed by atoms with E-state index in [4.69, 9.17) is 11.6 Å². The highest BCUT2D eigenvalue weighted by atomic mass is 35.5. The van der Waals surface area contributed by atoms with Crippen LogP contribution in [-0.2, 0) is 0 Å². The summed E-state index contributed by atoms with van der Waals surface area (Å²) in [6.07, 6.45) is 2.55. The molecule has 1 fully saturated rings. The molecule has 1 saturated heterocycles. The molecule has 0 atom stereocenters. The molecule has 20 heavy (non-hydrogen) atoms. The lowest BCUT2D eigenvalue weighted by Crippen LogP contribution is -2.48. The maximum Gasteiger partial charge on any atom is 0.0639 e. The highest BCUT2D eigenvalue weighted by molar-refractivity contribution is 6.33. The number of nitrogens with zero attached hydrogens (tertiary/aromatic N) is 2. The average Bonchev–Trinajstić information content (AvgIpc) is 2.48. The summed E-state index contributed by atoms with van der Waals surface area (Å²) in [5, 5.41) is 4.37. The van der Waals surface area contributed by atoms with Crippen molar-refractivity contribution in [2.24, 2.45) is 0 Å². The number of para-hydroxylation sites is 1. The molecule has 4 heteroatoms. The molecular weight excluding hydrogens is 270 g/mol. The Morgan fingerprint density at radius 2 is 1.85 bits per heavy atom. The third-order valence-corrected chi connectivity index (χ3v) is 4.20. The van der Waals surface area contributed by atoms with E-state index in [0.717, 1.165) is 50.8 Å². The van der Waals surface area contributed by atoms with Crippen molar-refractivity contribution in [3.8, 4) is 0 Å². The van der Waals surface area contributed by atoms with E-state index in [1.807, 2.05) is 12.1 Å². The summed E-state index contributed by atoms with van der Waals surface area (Å²) in [4.78, 5) is 4.93. The van der Waals surface area contributed by atoms with Crippen LogP contribution in [0.5, 0.6) is 0 Å². The van der Waals surface area contributed by atoms with Gasteiger partial charge >= 0.3 is 0 Å². The third kappa shape index (κ3) is 4.65. The maximum absolute atomic E-state index is 6.26. The summed E-state index contributed by atoms with van der Waals surface area (Å²) in [5.41, 5.74) is 1.18. The van der Waals surface area contributed by atoms with E-state index in [1.165, 1.54) is 18.5 Å². The van der Waals surface area contributed by atoms with E-state index >= 15 is 0 Å². The largest absolute Gasteiger partial charge is 0.368 e. The predicted molar refractivity (Wildman–Crippen MR) is 87.9 cm³/mol. The van der Waals surface area contributed by atoms with Crippen LogP contribution in [-0.4, -0.2) is 50.7 Å². The molecule has 1 heterocycles. The normalized spacial score (nSPS) is 16.6. The van der Waals surface area contributed by atoms with Gasteiger partial charge in [-0.25, -0.2) is 0 Å². The lowest BCUT2D eigenvalue weighted by atomic mass is 10.2. The van der Waals surface area contributed by atoms with Gasteiger partial charge in [0, 0.05) is 39.3 Å². The van der Waals surface area contributed by atoms with E-state index in [9.17, 15) is 0 Å². The fraction of sp³-hybridized carbons (Fsp3) is 0.625. The molecule has 2 rings (SSSR count). The van der Waals surface area contributed by atoms with E-state index in [-0.39, 0.29) is 0 Å². The topological polar surface area (TPSA) is 18.5 Å². The smallest absolute Gasteiger partial charge is 0.0639 e. The number of hydrogen-bond acceptors (Lipinski definition) is 3. The number of unbranched alkanes of at least 4 members (excludes halogenated alkanes) is 1. The predicted octanol–water partition coefficient (Wildman–Crippen LogP) is 2.85. The van der Waals surface area contributed by atoms with Crippen LogP contribution in [0.2, 0.25) is 5.02 Å². The molecule has 112 valence electrons. The fourth-order valence-corrected chi connectivity index (χ4v) is 2.84. The van der Waals surface area contributed by atoms with Crippen molar-refractivity contribution in [3.05, 3.63) is 29.3 Å². The van der Waals surface area contributed by atoms with Crippen LogP contribution < -0.4 is 10.2 Å². The first-order valence-electron chi connectivity index (χ1n) is 7.74. The number of halogens is 1. The second-order valence-electron chi connectivity index (χ2n) is 5.38. The van der Waals surface area contributed by atoms with Crippen molar-refractivity contribution in [3.63, 3.8) is 0 Å². The zero-order valence-electron chi connectivity index (χ0n) is 12.4. The number of nitrogens with one attached hydrogen (secondary N) is 1. The number of anilines is 1.